The van der Waals surface area contributed by atoms with Gasteiger partial charge in [-0.3, -0.25) is 9.69 Å². The first-order chi connectivity index (χ1) is 10.6. The molecule has 2 aliphatic heterocycles. The molecule has 0 aromatic heterocycles. The lowest BCUT2D eigenvalue weighted by molar-refractivity contribution is -0.142. The number of likely N-dealkylation sites (tertiary alicyclic amines) is 1. The molecule has 2 saturated heterocycles. The summed E-state index contributed by atoms with van der Waals surface area (Å²) in [6.07, 6.45) is 3.95. The standard InChI is InChI=1S/C13H25BN2O4.CH5N/c17-13(18)12-9-16(11-3-6-15-7-4-11)8-10(12)2-1-5-14(19)20;1-2/h10-12,15,19-20H,1-9H2,(H,17,18);2H2,1H3. The fraction of sp³-hybridized carbons (Fsp3) is 0.929. The summed E-state index contributed by atoms with van der Waals surface area (Å²) in [7, 11) is 0.222. The molecule has 2 aliphatic rings. The van der Waals surface area contributed by atoms with Crippen molar-refractivity contribution in [3.8, 4) is 0 Å². The number of nitrogens with two attached hydrogens (primary N) is 1. The molecule has 0 aromatic rings. The Morgan fingerprint density at radius 2 is 1.91 bits per heavy atom. The van der Waals surface area contributed by atoms with Gasteiger partial charge in [-0.1, -0.05) is 6.42 Å². The highest BCUT2D eigenvalue weighted by Crippen LogP contribution is 2.31. The van der Waals surface area contributed by atoms with Gasteiger partial charge in [0.1, 0.15) is 0 Å². The van der Waals surface area contributed by atoms with Crippen LogP contribution in [0.15, 0.2) is 0 Å². The molecule has 2 unspecified atom stereocenters. The zero-order chi connectivity index (χ0) is 16.5. The second kappa shape index (κ2) is 10.2. The highest BCUT2D eigenvalue weighted by Gasteiger charge is 2.39. The second-order valence-corrected chi connectivity index (χ2v) is 6.05. The van der Waals surface area contributed by atoms with Crippen molar-refractivity contribution in [2.75, 3.05) is 33.2 Å². The van der Waals surface area contributed by atoms with E-state index in [1.807, 2.05) is 0 Å². The van der Waals surface area contributed by atoms with Crippen molar-refractivity contribution < 1.29 is 19.9 Å². The lowest BCUT2D eigenvalue weighted by atomic mass is 9.80. The van der Waals surface area contributed by atoms with Crippen LogP contribution in [0, 0.1) is 11.8 Å². The summed E-state index contributed by atoms with van der Waals surface area (Å²) in [5, 5.41) is 30.5. The van der Waals surface area contributed by atoms with E-state index in [0.29, 0.717) is 25.3 Å². The molecular formula is C14H30BN3O4. The minimum absolute atomic E-state index is 0.140. The number of rotatable bonds is 6. The number of piperidine rings is 1. The number of nitrogens with zero attached hydrogens (tertiary/aromatic N) is 1. The van der Waals surface area contributed by atoms with Gasteiger partial charge in [0.15, 0.2) is 0 Å². The molecule has 2 heterocycles. The quantitative estimate of drug-likeness (QED) is 0.407. The predicted octanol–water partition coefficient (Wildman–Crippen LogP) is -0.801. The van der Waals surface area contributed by atoms with Crippen LogP contribution < -0.4 is 11.1 Å². The Morgan fingerprint density at radius 3 is 2.45 bits per heavy atom. The molecule has 2 atom stereocenters. The molecule has 2 fully saturated rings. The van der Waals surface area contributed by atoms with Crippen LogP contribution in [0.5, 0.6) is 0 Å². The third-order valence-electron chi connectivity index (χ3n) is 4.65. The number of nitrogens with one attached hydrogen (secondary N) is 1. The van der Waals surface area contributed by atoms with Crippen LogP contribution in [-0.2, 0) is 4.79 Å². The number of carboxylic acid groups (broad SMARTS) is 1. The number of hydrogen-bond donors (Lipinski definition) is 5. The van der Waals surface area contributed by atoms with E-state index in [9.17, 15) is 9.90 Å². The van der Waals surface area contributed by atoms with Gasteiger partial charge in [-0.2, -0.15) is 0 Å². The van der Waals surface area contributed by atoms with E-state index in [1.165, 1.54) is 7.05 Å². The topological polar surface area (TPSA) is 119 Å². The molecule has 0 aromatic carbocycles. The molecule has 0 radical (unpaired) electrons. The summed E-state index contributed by atoms with van der Waals surface area (Å²) in [6, 6.07) is 0.506. The maximum absolute atomic E-state index is 11.4. The van der Waals surface area contributed by atoms with E-state index in [2.05, 4.69) is 16.0 Å². The van der Waals surface area contributed by atoms with Crippen LogP contribution in [0.25, 0.3) is 0 Å². The largest absolute Gasteiger partial charge is 0.481 e. The summed E-state index contributed by atoms with van der Waals surface area (Å²) >= 11 is 0. The molecule has 0 saturated carbocycles. The average molecular weight is 315 g/mol. The summed E-state index contributed by atoms with van der Waals surface area (Å²) in [5.41, 5.74) is 4.50. The smallest absolute Gasteiger partial charge is 0.451 e. The van der Waals surface area contributed by atoms with Gasteiger partial charge in [0.05, 0.1) is 5.92 Å². The summed E-state index contributed by atoms with van der Waals surface area (Å²) in [4.78, 5) is 13.7. The van der Waals surface area contributed by atoms with Gasteiger partial charge in [0.25, 0.3) is 0 Å². The lowest BCUT2D eigenvalue weighted by Crippen LogP contribution is -2.42. The van der Waals surface area contributed by atoms with Crippen molar-refractivity contribution in [2.45, 2.75) is 38.0 Å². The van der Waals surface area contributed by atoms with E-state index < -0.39 is 13.1 Å². The third-order valence-corrected chi connectivity index (χ3v) is 4.65. The van der Waals surface area contributed by atoms with Crippen LogP contribution in [0.3, 0.4) is 0 Å². The highest BCUT2D eigenvalue weighted by molar-refractivity contribution is 6.40. The van der Waals surface area contributed by atoms with Crippen LogP contribution >= 0.6 is 0 Å². The zero-order valence-electron chi connectivity index (χ0n) is 13.4. The Hall–Kier alpha value is -0.665. The van der Waals surface area contributed by atoms with Gasteiger partial charge in [-0.25, -0.2) is 0 Å². The molecule has 2 rings (SSSR count). The van der Waals surface area contributed by atoms with Crippen LogP contribution in [-0.4, -0.2) is 72.4 Å². The molecule has 7 nitrogen and oxygen atoms in total. The third kappa shape index (κ3) is 5.85. The van der Waals surface area contributed by atoms with Gasteiger partial charge < -0.3 is 26.2 Å². The maximum Gasteiger partial charge on any atom is 0.451 e. The molecule has 0 spiro atoms. The monoisotopic (exact) mass is 315 g/mol. The summed E-state index contributed by atoms with van der Waals surface area (Å²) in [5.74, 6) is -0.877. The normalized spacial score (nSPS) is 26.4. The first-order valence-corrected chi connectivity index (χ1v) is 8.19. The van der Waals surface area contributed by atoms with E-state index in [-0.39, 0.29) is 11.8 Å². The first kappa shape index (κ1) is 19.4. The Labute approximate surface area is 133 Å². The van der Waals surface area contributed by atoms with Gasteiger partial charge in [-0.15, -0.1) is 0 Å². The van der Waals surface area contributed by atoms with Crippen molar-refractivity contribution in [1.82, 2.24) is 10.2 Å². The Balaban J connectivity index is 0.00000116. The molecule has 0 aliphatic carbocycles. The van der Waals surface area contributed by atoms with E-state index in [0.717, 1.165) is 38.9 Å². The van der Waals surface area contributed by atoms with Gasteiger partial charge in [0.2, 0.25) is 0 Å². The Morgan fingerprint density at radius 1 is 1.27 bits per heavy atom. The number of hydrogen-bond acceptors (Lipinski definition) is 6. The van der Waals surface area contributed by atoms with E-state index in [1.54, 1.807) is 0 Å². The van der Waals surface area contributed by atoms with Crippen LogP contribution in [0.2, 0.25) is 6.32 Å². The Kier molecular flexibility index (Phi) is 8.96. The molecule has 128 valence electrons. The molecule has 0 amide bonds. The molecule has 0 bridgehead atoms. The van der Waals surface area contributed by atoms with Gasteiger partial charge in [-0.05, 0) is 51.6 Å². The molecular weight excluding hydrogens is 285 g/mol. The van der Waals surface area contributed by atoms with E-state index >= 15 is 0 Å². The van der Waals surface area contributed by atoms with Crippen molar-refractivity contribution in [3.05, 3.63) is 0 Å². The fourth-order valence-corrected chi connectivity index (χ4v) is 3.51. The molecule has 6 N–H and O–H groups in total. The van der Waals surface area contributed by atoms with Crippen LogP contribution in [0.1, 0.15) is 25.7 Å². The number of aliphatic carboxylic acids is 1. The summed E-state index contributed by atoms with van der Waals surface area (Å²) in [6.45, 7) is 3.51. The average Bonchev–Trinajstić information content (AvgIpc) is 2.94. The Bertz CT molecular complexity index is 327. The minimum atomic E-state index is -1.28. The van der Waals surface area contributed by atoms with Crippen molar-refractivity contribution in [2.24, 2.45) is 17.6 Å². The summed E-state index contributed by atoms with van der Waals surface area (Å²) < 4.78 is 0. The van der Waals surface area contributed by atoms with E-state index in [4.69, 9.17) is 10.0 Å². The molecule has 8 heteroatoms. The SMILES string of the molecule is CN.O=C(O)C1CN(C2CCNCC2)CC1CCCB(O)O. The van der Waals surface area contributed by atoms with Crippen molar-refractivity contribution in [1.29, 1.82) is 0 Å². The highest BCUT2D eigenvalue weighted by atomic mass is 16.4. The maximum atomic E-state index is 11.4. The lowest BCUT2D eigenvalue weighted by Gasteiger charge is -2.31. The van der Waals surface area contributed by atoms with Gasteiger partial charge in [0, 0.05) is 19.1 Å². The molecule has 22 heavy (non-hydrogen) atoms. The van der Waals surface area contributed by atoms with Crippen molar-refractivity contribution >= 4 is 13.1 Å². The number of carbonyl (C=O) groups is 1. The number of carboxylic acids is 1. The van der Waals surface area contributed by atoms with Crippen molar-refractivity contribution in [3.63, 3.8) is 0 Å². The second-order valence-electron chi connectivity index (χ2n) is 6.05. The fourth-order valence-electron chi connectivity index (χ4n) is 3.51. The minimum Gasteiger partial charge on any atom is -0.481 e. The first-order valence-electron chi connectivity index (χ1n) is 8.19. The zero-order valence-corrected chi connectivity index (χ0v) is 13.4. The van der Waals surface area contributed by atoms with Crippen LogP contribution in [0.4, 0.5) is 0 Å². The predicted molar refractivity (Wildman–Crippen MR) is 86.4 cm³/mol. The van der Waals surface area contributed by atoms with Gasteiger partial charge >= 0.3 is 13.1 Å².